The quantitative estimate of drug-likeness (QED) is 0.821. The van der Waals surface area contributed by atoms with Crippen molar-refractivity contribution in [2.75, 3.05) is 36.9 Å². The average molecular weight is 391 g/mol. The van der Waals surface area contributed by atoms with Crippen molar-refractivity contribution in [3.63, 3.8) is 0 Å². The van der Waals surface area contributed by atoms with E-state index in [-0.39, 0.29) is 17.7 Å². The van der Waals surface area contributed by atoms with Crippen molar-refractivity contribution in [2.24, 2.45) is 5.92 Å². The van der Waals surface area contributed by atoms with Crippen LogP contribution in [0.4, 0.5) is 11.4 Å². The summed E-state index contributed by atoms with van der Waals surface area (Å²) in [6.07, 6.45) is 1.21. The molecule has 1 fully saturated rings. The molecule has 1 unspecified atom stereocenters. The van der Waals surface area contributed by atoms with Gasteiger partial charge in [-0.2, -0.15) is 0 Å². The molecule has 1 atom stereocenters. The molecule has 0 aromatic heterocycles. The maximum absolute atomic E-state index is 13.1. The van der Waals surface area contributed by atoms with Crippen molar-refractivity contribution in [3.05, 3.63) is 71.9 Å². The molecule has 0 spiro atoms. The van der Waals surface area contributed by atoms with Gasteiger partial charge in [0.05, 0.1) is 19.1 Å². The molecule has 2 aliphatic rings. The summed E-state index contributed by atoms with van der Waals surface area (Å²) in [7, 11) is 0. The SMILES string of the molecule is O=C(Nc1ccccc1)C1=C(N2CCOCC2)C(C(=O)Nc2ccccc2)CC1. The highest BCUT2D eigenvalue weighted by atomic mass is 16.5. The van der Waals surface area contributed by atoms with E-state index in [4.69, 9.17) is 4.74 Å². The Kier molecular flexibility index (Phi) is 5.91. The van der Waals surface area contributed by atoms with Crippen LogP contribution < -0.4 is 10.6 Å². The number of hydrogen-bond acceptors (Lipinski definition) is 4. The monoisotopic (exact) mass is 391 g/mol. The van der Waals surface area contributed by atoms with Crippen LogP contribution in [-0.4, -0.2) is 43.0 Å². The summed E-state index contributed by atoms with van der Waals surface area (Å²) in [6.45, 7) is 2.58. The normalized spacial score (nSPS) is 19.2. The van der Waals surface area contributed by atoms with E-state index in [1.165, 1.54) is 0 Å². The fourth-order valence-corrected chi connectivity index (χ4v) is 3.94. The van der Waals surface area contributed by atoms with E-state index in [0.717, 1.165) is 17.1 Å². The van der Waals surface area contributed by atoms with Gasteiger partial charge in [-0.15, -0.1) is 0 Å². The number of ether oxygens (including phenoxy) is 1. The molecule has 2 amide bonds. The average Bonchev–Trinajstić information content (AvgIpc) is 3.21. The molecule has 0 bridgehead atoms. The zero-order chi connectivity index (χ0) is 20.1. The van der Waals surface area contributed by atoms with E-state index in [2.05, 4.69) is 15.5 Å². The molecule has 1 heterocycles. The molecule has 4 rings (SSSR count). The number of para-hydroxylation sites is 2. The lowest BCUT2D eigenvalue weighted by atomic mass is 10.0. The van der Waals surface area contributed by atoms with Crippen molar-refractivity contribution < 1.29 is 14.3 Å². The van der Waals surface area contributed by atoms with E-state index in [1.807, 2.05) is 60.7 Å². The van der Waals surface area contributed by atoms with Gasteiger partial charge < -0.3 is 20.3 Å². The van der Waals surface area contributed by atoms with Gasteiger partial charge in [0, 0.05) is 35.7 Å². The summed E-state index contributed by atoms with van der Waals surface area (Å²) in [5.41, 5.74) is 3.06. The van der Waals surface area contributed by atoms with Crippen molar-refractivity contribution in [1.82, 2.24) is 4.90 Å². The second-order valence-corrected chi connectivity index (χ2v) is 7.23. The number of morpholine rings is 1. The first kappa shape index (κ1) is 19.2. The van der Waals surface area contributed by atoms with Gasteiger partial charge in [-0.05, 0) is 37.1 Å². The summed E-state index contributed by atoms with van der Waals surface area (Å²) in [5, 5.41) is 5.98. The Bertz CT molecular complexity index is 890. The van der Waals surface area contributed by atoms with Gasteiger partial charge in [-0.25, -0.2) is 0 Å². The van der Waals surface area contributed by atoms with Crippen LogP contribution in [0.15, 0.2) is 71.9 Å². The Balaban J connectivity index is 1.59. The molecule has 2 aromatic carbocycles. The molecule has 1 saturated heterocycles. The largest absolute Gasteiger partial charge is 0.378 e. The zero-order valence-corrected chi connectivity index (χ0v) is 16.3. The fourth-order valence-electron chi connectivity index (χ4n) is 3.94. The lowest BCUT2D eigenvalue weighted by Gasteiger charge is -2.33. The molecule has 6 nitrogen and oxygen atoms in total. The standard InChI is InChI=1S/C23H25N3O3/c27-22(24-17-7-3-1-4-8-17)19-11-12-20(21(19)26-13-15-29-16-14-26)23(28)25-18-9-5-2-6-10-18/h1-10,19H,11-16H2,(H,24,27)(H,25,28). The number of benzene rings is 2. The minimum atomic E-state index is -0.343. The Morgan fingerprint density at radius 2 is 1.45 bits per heavy atom. The maximum Gasteiger partial charge on any atom is 0.253 e. The van der Waals surface area contributed by atoms with Gasteiger partial charge in [0.15, 0.2) is 0 Å². The first-order valence-corrected chi connectivity index (χ1v) is 10.0. The molecule has 2 aromatic rings. The molecule has 29 heavy (non-hydrogen) atoms. The molecule has 1 aliphatic heterocycles. The van der Waals surface area contributed by atoms with Gasteiger partial charge >= 0.3 is 0 Å². The number of amides is 2. The summed E-state index contributed by atoms with van der Waals surface area (Å²) in [6, 6.07) is 18.8. The van der Waals surface area contributed by atoms with E-state index >= 15 is 0 Å². The number of carbonyl (C=O) groups excluding carboxylic acids is 2. The van der Waals surface area contributed by atoms with Crippen LogP contribution in [0.3, 0.4) is 0 Å². The third-order valence-corrected chi connectivity index (χ3v) is 5.34. The van der Waals surface area contributed by atoms with Crippen LogP contribution in [0.5, 0.6) is 0 Å². The van der Waals surface area contributed by atoms with E-state index < -0.39 is 0 Å². The van der Waals surface area contributed by atoms with Crippen LogP contribution in [0.2, 0.25) is 0 Å². The molecular formula is C23H25N3O3. The lowest BCUT2D eigenvalue weighted by molar-refractivity contribution is -0.119. The zero-order valence-electron chi connectivity index (χ0n) is 16.3. The first-order chi connectivity index (χ1) is 14.2. The van der Waals surface area contributed by atoms with Gasteiger partial charge in [-0.3, -0.25) is 9.59 Å². The third-order valence-electron chi connectivity index (χ3n) is 5.34. The Morgan fingerprint density at radius 1 is 0.862 bits per heavy atom. The third kappa shape index (κ3) is 4.49. The highest BCUT2D eigenvalue weighted by Gasteiger charge is 2.37. The number of anilines is 2. The minimum absolute atomic E-state index is 0.0693. The lowest BCUT2D eigenvalue weighted by Crippen LogP contribution is -2.40. The number of carbonyl (C=O) groups is 2. The smallest absolute Gasteiger partial charge is 0.253 e. The van der Waals surface area contributed by atoms with Crippen molar-refractivity contribution in [1.29, 1.82) is 0 Å². The summed E-state index contributed by atoms with van der Waals surface area (Å²) in [5.74, 6) is -0.544. The van der Waals surface area contributed by atoms with Crippen LogP contribution in [0, 0.1) is 5.92 Å². The number of nitrogens with zero attached hydrogens (tertiary/aromatic N) is 1. The molecule has 2 N–H and O–H groups in total. The number of nitrogens with one attached hydrogen (secondary N) is 2. The van der Waals surface area contributed by atoms with Gasteiger partial charge in [0.1, 0.15) is 0 Å². The highest BCUT2D eigenvalue weighted by Crippen LogP contribution is 2.36. The Morgan fingerprint density at radius 3 is 2.07 bits per heavy atom. The van der Waals surface area contributed by atoms with Crippen molar-refractivity contribution in [2.45, 2.75) is 12.8 Å². The van der Waals surface area contributed by atoms with Crippen LogP contribution in [0.25, 0.3) is 0 Å². The van der Waals surface area contributed by atoms with E-state index in [0.29, 0.717) is 44.7 Å². The Hall–Kier alpha value is -3.12. The first-order valence-electron chi connectivity index (χ1n) is 10.0. The van der Waals surface area contributed by atoms with E-state index in [1.54, 1.807) is 0 Å². The molecule has 1 aliphatic carbocycles. The van der Waals surface area contributed by atoms with Gasteiger partial charge in [0.2, 0.25) is 5.91 Å². The van der Waals surface area contributed by atoms with Gasteiger partial charge in [-0.1, -0.05) is 36.4 Å². The highest BCUT2D eigenvalue weighted by molar-refractivity contribution is 6.06. The molecule has 150 valence electrons. The molecular weight excluding hydrogens is 366 g/mol. The number of rotatable bonds is 5. The Labute approximate surface area is 170 Å². The number of hydrogen-bond donors (Lipinski definition) is 2. The van der Waals surface area contributed by atoms with Crippen molar-refractivity contribution in [3.8, 4) is 0 Å². The second kappa shape index (κ2) is 8.92. The molecule has 6 heteroatoms. The minimum Gasteiger partial charge on any atom is -0.378 e. The van der Waals surface area contributed by atoms with E-state index in [9.17, 15) is 9.59 Å². The van der Waals surface area contributed by atoms with Crippen LogP contribution >= 0.6 is 0 Å². The predicted octanol–water partition coefficient (Wildman–Crippen LogP) is 3.26. The topological polar surface area (TPSA) is 70.7 Å². The summed E-state index contributed by atoms with van der Waals surface area (Å²) >= 11 is 0. The molecule has 0 radical (unpaired) electrons. The van der Waals surface area contributed by atoms with Crippen LogP contribution in [-0.2, 0) is 14.3 Å². The summed E-state index contributed by atoms with van der Waals surface area (Å²) in [4.78, 5) is 28.2. The van der Waals surface area contributed by atoms with Crippen LogP contribution in [0.1, 0.15) is 12.8 Å². The second-order valence-electron chi connectivity index (χ2n) is 7.23. The fraction of sp³-hybridized carbons (Fsp3) is 0.304. The van der Waals surface area contributed by atoms with Crippen molar-refractivity contribution >= 4 is 23.2 Å². The summed E-state index contributed by atoms with van der Waals surface area (Å²) < 4.78 is 5.48. The maximum atomic E-state index is 13.1. The van der Waals surface area contributed by atoms with Gasteiger partial charge in [0.25, 0.3) is 5.91 Å². The predicted molar refractivity (Wildman–Crippen MR) is 112 cm³/mol. The molecule has 0 saturated carbocycles.